The van der Waals surface area contributed by atoms with Gasteiger partial charge in [-0.2, -0.15) is 0 Å². The Morgan fingerprint density at radius 3 is 2.26 bits per heavy atom. The van der Waals surface area contributed by atoms with E-state index in [1.54, 1.807) is 0 Å². The topological polar surface area (TPSA) is 34.0 Å². The molecule has 0 spiro atoms. The Bertz CT molecular complexity index is 2590. The number of hydrogen-bond donors (Lipinski definition) is 0. The van der Waals surface area contributed by atoms with E-state index in [1.165, 1.54) is 39.3 Å². The molecule has 4 nitrogen and oxygen atoms in total. The molecule has 3 heterocycles. The third kappa shape index (κ3) is 6.38. The van der Waals surface area contributed by atoms with Gasteiger partial charge in [0.25, 0.3) is 0 Å². The van der Waals surface area contributed by atoms with Crippen LogP contribution in [0.25, 0.3) is 57.8 Å². The minimum atomic E-state index is 0.669. The van der Waals surface area contributed by atoms with Gasteiger partial charge in [-0.05, 0) is 86.0 Å². The first kappa shape index (κ1) is 32.2. The second-order valence-corrected chi connectivity index (χ2v) is 13.6. The van der Waals surface area contributed by atoms with Crippen LogP contribution in [0.2, 0.25) is 0 Å². The van der Waals surface area contributed by atoms with Crippen LogP contribution in [0.5, 0.6) is 0 Å². The molecule has 254 valence electrons. The van der Waals surface area contributed by atoms with Gasteiger partial charge in [-0.15, -0.1) is 5.73 Å². The Morgan fingerprint density at radius 1 is 0.642 bits per heavy atom. The van der Waals surface area contributed by atoms with Crippen LogP contribution < -0.4 is 4.90 Å². The van der Waals surface area contributed by atoms with Gasteiger partial charge in [0, 0.05) is 44.9 Å². The molecule has 53 heavy (non-hydrogen) atoms. The Labute approximate surface area is 311 Å². The zero-order valence-corrected chi connectivity index (χ0v) is 29.7. The first-order valence-electron chi connectivity index (χ1n) is 18.2. The van der Waals surface area contributed by atoms with Gasteiger partial charge in [-0.1, -0.05) is 121 Å². The number of aryl methyl sites for hydroxylation is 1. The van der Waals surface area contributed by atoms with Crippen LogP contribution in [-0.4, -0.2) is 14.5 Å². The zero-order valence-electron chi connectivity index (χ0n) is 29.7. The highest BCUT2D eigenvalue weighted by Gasteiger charge is 2.26. The third-order valence-corrected chi connectivity index (χ3v) is 10.0. The molecule has 2 aromatic heterocycles. The molecule has 0 saturated carbocycles. The summed E-state index contributed by atoms with van der Waals surface area (Å²) in [6, 6.07) is 38.5. The Kier molecular flexibility index (Phi) is 8.57. The lowest BCUT2D eigenvalue weighted by molar-refractivity contribution is 0.845. The van der Waals surface area contributed by atoms with Gasteiger partial charge in [0.2, 0.25) is 0 Å². The van der Waals surface area contributed by atoms with Crippen molar-refractivity contribution in [3.8, 4) is 39.6 Å². The van der Waals surface area contributed by atoms with E-state index >= 15 is 0 Å². The molecular weight excluding hydrogens is 645 g/mol. The van der Waals surface area contributed by atoms with Crippen LogP contribution in [0.1, 0.15) is 40.1 Å². The lowest BCUT2D eigenvalue weighted by Crippen LogP contribution is -2.24. The first-order chi connectivity index (χ1) is 26.2. The van der Waals surface area contributed by atoms with E-state index in [1.807, 2.05) is 30.4 Å². The van der Waals surface area contributed by atoms with Gasteiger partial charge in [-0.3, -0.25) is 0 Å². The highest BCUT2D eigenvalue weighted by atomic mass is 15.2. The van der Waals surface area contributed by atoms with Gasteiger partial charge in [0.1, 0.15) is 0 Å². The van der Waals surface area contributed by atoms with Gasteiger partial charge >= 0.3 is 0 Å². The Morgan fingerprint density at radius 2 is 1.40 bits per heavy atom. The average Bonchev–Trinajstić information content (AvgIpc) is 3.42. The first-order valence-corrected chi connectivity index (χ1v) is 18.2. The molecule has 0 bridgehead atoms. The molecule has 3 aliphatic rings. The van der Waals surface area contributed by atoms with Crippen molar-refractivity contribution in [2.45, 2.75) is 26.3 Å². The minimum Gasteiger partial charge on any atom is -0.335 e. The molecule has 0 fully saturated rings. The third-order valence-electron chi connectivity index (χ3n) is 10.0. The van der Waals surface area contributed by atoms with Crippen LogP contribution >= 0.6 is 0 Å². The standard InChI is InChI=1S/C49H38N4/c1-35-17-14-22-38(31-35)44-33-45(51-49(50-44)37-19-6-4-7-20-37)39-23-15-26-41(32-39)53-47-30-11-5-10-27-42(47)43-28-16-21-36-18-12-13-29-46(36)52(34-48(43)53)40-24-8-2-3-9-25-40/h2,4,6-20,22-33H,5,21,34H2,1H3/b28-16-. The largest absolute Gasteiger partial charge is 0.335 e. The highest BCUT2D eigenvalue weighted by molar-refractivity contribution is 5.80. The molecular formula is C49H38N4. The lowest BCUT2D eigenvalue weighted by atomic mass is 10.0. The Hall–Kier alpha value is -6.74. The summed E-state index contributed by atoms with van der Waals surface area (Å²) in [5, 5.41) is 0. The number of fused-ring (bicyclic) bond motifs is 4. The van der Waals surface area contributed by atoms with Crippen LogP contribution in [-0.2, 0) is 13.0 Å². The number of benzene rings is 4. The van der Waals surface area contributed by atoms with Crippen molar-refractivity contribution in [3.05, 3.63) is 203 Å². The molecule has 6 aromatic rings. The fourth-order valence-corrected chi connectivity index (χ4v) is 7.51. The van der Waals surface area contributed by atoms with Crippen molar-refractivity contribution in [1.82, 2.24) is 14.5 Å². The summed E-state index contributed by atoms with van der Waals surface area (Å²) in [6.07, 6.45) is 25.9. The molecule has 0 amide bonds. The smallest absolute Gasteiger partial charge is 0.160 e. The van der Waals surface area contributed by atoms with Gasteiger partial charge < -0.3 is 9.47 Å². The molecule has 1 aliphatic heterocycles. The van der Waals surface area contributed by atoms with E-state index in [-0.39, 0.29) is 0 Å². The number of rotatable bonds is 5. The minimum absolute atomic E-state index is 0.669. The van der Waals surface area contributed by atoms with Gasteiger partial charge in [-0.25, -0.2) is 9.97 Å². The van der Waals surface area contributed by atoms with Gasteiger partial charge in [0.05, 0.1) is 29.3 Å². The fraction of sp³-hybridized carbons (Fsp3) is 0.0816. The van der Waals surface area contributed by atoms with E-state index in [0.717, 1.165) is 52.3 Å². The molecule has 0 saturated heterocycles. The van der Waals surface area contributed by atoms with E-state index in [0.29, 0.717) is 12.4 Å². The van der Waals surface area contributed by atoms with Crippen molar-refractivity contribution in [3.63, 3.8) is 0 Å². The van der Waals surface area contributed by atoms with E-state index < -0.39 is 0 Å². The van der Waals surface area contributed by atoms with Gasteiger partial charge in [0.15, 0.2) is 5.82 Å². The van der Waals surface area contributed by atoms with Crippen LogP contribution in [0.4, 0.5) is 5.69 Å². The molecule has 0 unspecified atom stereocenters. The summed E-state index contributed by atoms with van der Waals surface area (Å²) in [4.78, 5) is 12.7. The number of aromatic nitrogens is 3. The van der Waals surface area contributed by atoms with Crippen molar-refractivity contribution < 1.29 is 0 Å². The zero-order chi connectivity index (χ0) is 35.6. The van der Waals surface area contributed by atoms with E-state index in [2.05, 4.69) is 168 Å². The van der Waals surface area contributed by atoms with Crippen molar-refractivity contribution in [2.75, 3.05) is 4.90 Å². The predicted octanol–water partition coefficient (Wildman–Crippen LogP) is 11.7. The maximum atomic E-state index is 5.19. The predicted molar refractivity (Wildman–Crippen MR) is 220 cm³/mol. The van der Waals surface area contributed by atoms with E-state index in [4.69, 9.17) is 9.97 Å². The summed E-state index contributed by atoms with van der Waals surface area (Å²) in [5.41, 5.74) is 18.9. The molecule has 2 aliphatic carbocycles. The van der Waals surface area contributed by atoms with E-state index in [9.17, 15) is 0 Å². The van der Waals surface area contributed by atoms with Crippen molar-refractivity contribution >= 4 is 23.9 Å². The normalized spacial score (nSPS) is 15.0. The maximum Gasteiger partial charge on any atom is 0.160 e. The number of nitrogens with zero attached hydrogens (tertiary/aromatic N) is 4. The van der Waals surface area contributed by atoms with Crippen LogP contribution in [0, 0.1) is 6.92 Å². The SMILES string of the molecule is Cc1cccc(-c2cc(-c3cccc(-n4c5c(c6c4CN(C4=CC=C=CC=C4)c4ccccc4C/C=C\6)C=CCC=C5)c3)nc(-c3ccccc3)n2)c1. The number of hydrogen-bond acceptors (Lipinski definition) is 3. The summed E-state index contributed by atoms with van der Waals surface area (Å²) in [6.45, 7) is 2.79. The van der Waals surface area contributed by atoms with Crippen LogP contribution in [0.3, 0.4) is 0 Å². The molecule has 0 N–H and O–H groups in total. The van der Waals surface area contributed by atoms with Crippen molar-refractivity contribution in [2.24, 2.45) is 0 Å². The molecule has 0 atom stereocenters. The second kappa shape index (κ2) is 14.1. The van der Waals surface area contributed by atoms with Crippen molar-refractivity contribution in [1.29, 1.82) is 0 Å². The molecule has 9 rings (SSSR count). The summed E-state index contributed by atoms with van der Waals surface area (Å²) >= 11 is 0. The monoisotopic (exact) mass is 682 g/mol. The average molecular weight is 683 g/mol. The second-order valence-electron chi connectivity index (χ2n) is 13.6. The molecule has 4 heteroatoms. The number of allylic oxidation sites excluding steroid dienone is 7. The molecule has 0 radical (unpaired) electrons. The van der Waals surface area contributed by atoms with Crippen LogP contribution in [0.15, 0.2) is 169 Å². The highest BCUT2D eigenvalue weighted by Crippen LogP contribution is 2.38. The fourth-order valence-electron chi connectivity index (χ4n) is 7.51. The number of para-hydroxylation sites is 1. The quantitative estimate of drug-likeness (QED) is 0.170. The summed E-state index contributed by atoms with van der Waals surface area (Å²) in [5.74, 6) is 0.710. The Balaban J connectivity index is 1.24. The lowest BCUT2D eigenvalue weighted by Gasteiger charge is -2.29. The maximum absolute atomic E-state index is 5.19. The summed E-state index contributed by atoms with van der Waals surface area (Å²) < 4.78 is 2.46. The summed E-state index contributed by atoms with van der Waals surface area (Å²) in [7, 11) is 0. The molecule has 4 aromatic carbocycles. The number of anilines is 1.